The normalized spacial score (nSPS) is 13.2. The minimum absolute atomic E-state index is 0.120. The standard InChI is InChI=1S/C19H12F3N3O/c20-14-11(9-23)15(21)17-12(16(14)22)13(19-24-7-4-8-25(17)19)18(26)10-5-2-1-3-6-10/h1-3,5-6,24H,4,7-8H2. The number of carbonyl (C=O) groups excluding carboxylic acids is 1. The summed E-state index contributed by atoms with van der Waals surface area (Å²) >= 11 is 0. The molecule has 1 aromatic heterocycles. The molecule has 1 aliphatic rings. The number of aromatic nitrogens is 1. The van der Waals surface area contributed by atoms with Crippen LogP contribution in [-0.4, -0.2) is 16.9 Å². The SMILES string of the molecule is N#Cc1c(F)c(F)c2c(C(=O)c3ccccc3)c3n(c2c1F)CCCN3. The highest BCUT2D eigenvalue weighted by molar-refractivity contribution is 6.20. The van der Waals surface area contributed by atoms with Gasteiger partial charge in [0.05, 0.1) is 16.5 Å². The van der Waals surface area contributed by atoms with Crippen molar-refractivity contribution in [1.29, 1.82) is 5.26 Å². The molecule has 2 aromatic carbocycles. The second-order valence-corrected chi connectivity index (χ2v) is 6.00. The van der Waals surface area contributed by atoms with Gasteiger partial charge in [-0.2, -0.15) is 5.26 Å². The van der Waals surface area contributed by atoms with Crippen LogP contribution >= 0.6 is 0 Å². The summed E-state index contributed by atoms with van der Waals surface area (Å²) in [6, 6.07) is 9.49. The van der Waals surface area contributed by atoms with Gasteiger partial charge in [-0.3, -0.25) is 4.79 Å². The Morgan fingerprint density at radius 3 is 2.54 bits per heavy atom. The lowest BCUT2D eigenvalue weighted by Gasteiger charge is -2.19. The van der Waals surface area contributed by atoms with Gasteiger partial charge in [0.1, 0.15) is 17.5 Å². The minimum atomic E-state index is -1.58. The average Bonchev–Trinajstić information content (AvgIpc) is 3.02. The summed E-state index contributed by atoms with van der Waals surface area (Å²) in [5.74, 6) is -4.42. The van der Waals surface area contributed by atoms with Gasteiger partial charge in [0, 0.05) is 18.7 Å². The third kappa shape index (κ3) is 2.12. The molecule has 0 unspecified atom stereocenters. The first-order chi connectivity index (χ1) is 12.6. The fraction of sp³-hybridized carbons (Fsp3) is 0.158. The van der Waals surface area contributed by atoms with Crippen molar-refractivity contribution < 1.29 is 18.0 Å². The molecule has 0 aliphatic carbocycles. The van der Waals surface area contributed by atoms with Crippen molar-refractivity contribution in [3.63, 3.8) is 0 Å². The number of nitrogens with zero attached hydrogens (tertiary/aromatic N) is 2. The first-order valence-electron chi connectivity index (χ1n) is 8.02. The molecule has 0 saturated carbocycles. The highest BCUT2D eigenvalue weighted by Crippen LogP contribution is 2.39. The van der Waals surface area contributed by atoms with Crippen LogP contribution in [0.15, 0.2) is 30.3 Å². The number of hydrogen-bond acceptors (Lipinski definition) is 3. The number of halogens is 3. The van der Waals surface area contributed by atoms with E-state index >= 15 is 0 Å². The molecule has 0 radical (unpaired) electrons. The fourth-order valence-corrected chi connectivity index (χ4v) is 3.40. The zero-order valence-electron chi connectivity index (χ0n) is 13.4. The number of rotatable bonds is 2. The van der Waals surface area contributed by atoms with Crippen molar-refractivity contribution in [3.8, 4) is 6.07 Å². The molecule has 0 atom stereocenters. The smallest absolute Gasteiger partial charge is 0.197 e. The average molecular weight is 355 g/mol. The number of fused-ring (bicyclic) bond motifs is 3. The van der Waals surface area contributed by atoms with Crippen LogP contribution in [0.25, 0.3) is 10.9 Å². The van der Waals surface area contributed by atoms with E-state index in [-0.39, 0.29) is 22.5 Å². The predicted octanol–water partition coefficient (Wildman–Crippen LogP) is 3.98. The number of hydrogen-bond donors (Lipinski definition) is 1. The molecule has 1 aliphatic heterocycles. The molecule has 4 rings (SSSR count). The third-order valence-electron chi connectivity index (χ3n) is 4.55. The van der Waals surface area contributed by atoms with E-state index in [4.69, 9.17) is 5.26 Å². The quantitative estimate of drug-likeness (QED) is 0.559. The molecular formula is C19H12F3N3O. The maximum absolute atomic E-state index is 14.8. The Balaban J connectivity index is 2.14. The van der Waals surface area contributed by atoms with Crippen molar-refractivity contribution in [2.75, 3.05) is 11.9 Å². The summed E-state index contributed by atoms with van der Waals surface area (Å²) in [4.78, 5) is 13.0. The van der Waals surface area contributed by atoms with Crippen molar-refractivity contribution >= 4 is 22.5 Å². The molecule has 7 heteroatoms. The minimum Gasteiger partial charge on any atom is -0.371 e. The number of ketones is 1. The van der Waals surface area contributed by atoms with Crippen LogP contribution in [0, 0.1) is 28.8 Å². The zero-order valence-corrected chi connectivity index (χ0v) is 13.4. The van der Waals surface area contributed by atoms with Gasteiger partial charge in [-0.1, -0.05) is 30.3 Å². The Labute approximate surface area is 146 Å². The van der Waals surface area contributed by atoms with Gasteiger partial charge < -0.3 is 9.88 Å². The topological polar surface area (TPSA) is 57.8 Å². The van der Waals surface area contributed by atoms with Crippen LogP contribution in [0.5, 0.6) is 0 Å². The Kier molecular flexibility index (Phi) is 3.69. The van der Waals surface area contributed by atoms with E-state index in [0.29, 0.717) is 19.5 Å². The first-order valence-corrected chi connectivity index (χ1v) is 8.02. The van der Waals surface area contributed by atoms with Crippen molar-refractivity contribution in [2.24, 2.45) is 0 Å². The Hall–Kier alpha value is -3.27. The maximum Gasteiger partial charge on any atom is 0.197 e. The van der Waals surface area contributed by atoms with Gasteiger partial charge in [0.15, 0.2) is 23.2 Å². The van der Waals surface area contributed by atoms with E-state index in [2.05, 4.69) is 5.32 Å². The molecule has 0 bridgehead atoms. The highest BCUT2D eigenvalue weighted by atomic mass is 19.2. The number of anilines is 1. The van der Waals surface area contributed by atoms with E-state index < -0.39 is 34.2 Å². The summed E-state index contributed by atoms with van der Waals surface area (Å²) in [7, 11) is 0. The first kappa shape index (κ1) is 16.2. The lowest BCUT2D eigenvalue weighted by Crippen LogP contribution is -2.19. The van der Waals surface area contributed by atoms with Crippen molar-refractivity contribution in [3.05, 3.63) is 64.5 Å². The fourth-order valence-electron chi connectivity index (χ4n) is 3.40. The lowest BCUT2D eigenvalue weighted by molar-refractivity contribution is 0.104. The van der Waals surface area contributed by atoms with Gasteiger partial charge in [-0.25, -0.2) is 13.2 Å². The van der Waals surface area contributed by atoms with E-state index in [0.717, 1.165) is 0 Å². The summed E-state index contributed by atoms with van der Waals surface area (Å²) in [6.07, 6.45) is 0.621. The number of nitriles is 1. The monoisotopic (exact) mass is 355 g/mol. The van der Waals surface area contributed by atoms with Crippen LogP contribution in [0.2, 0.25) is 0 Å². The second kappa shape index (κ2) is 5.92. The van der Waals surface area contributed by atoms with Gasteiger partial charge in [0.25, 0.3) is 0 Å². The molecule has 130 valence electrons. The van der Waals surface area contributed by atoms with E-state index in [9.17, 15) is 18.0 Å². The van der Waals surface area contributed by atoms with Crippen LogP contribution in [0.3, 0.4) is 0 Å². The zero-order chi connectivity index (χ0) is 18.4. The van der Waals surface area contributed by atoms with Crippen LogP contribution in [-0.2, 0) is 6.54 Å². The number of nitrogens with one attached hydrogen (secondary N) is 1. The van der Waals surface area contributed by atoms with Gasteiger partial charge >= 0.3 is 0 Å². The Bertz CT molecular complexity index is 1100. The Morgan fingerprint density at radius 2 is 1.85 bits per heavy atom. The van der Waals surface area contributed by atoms with E-state index in [1.165, 1.54) is 10.6 Å². The van der Waals surface area contributed by atoms with Crippen molar-refractivity contribution in [2.45, 2.75) is 13.0 Å². The lowest BCUT2D eigenvalue weighted by atomic mass is 10.00. The second-order valence-electron chi connectivity index (χ2n) is 6.00. The molecule has 2 heterocycles. The molecule has 3 aromatic rings. The summed E-state index contributed by atoms with van der Waals surface area (Å²) in [5, 5.41) is 11.5. The van der Waals surface area contributed by atoms with Crippen molar-refractivity contribution in [1.82, 2.24) is 4.57 Å². The van der Waals surface area contributed by atoms with E-state index in [1.54, 1.807) is 30.3 Å². The largest absolute Gasteiger partial charge is 0.371 e. The number of carbonyl (C=O) groups is 1. The molecule has 4 nitrogen and oxygen atoms in total. The third-order valence-corrected chi connectivity index (χ3v) is 4.55. The van der Waals surface area contributed by atoms with Crippen LogP contribution < -0.4 is 5.32 Å². The summed E-state index contributed by atoms with van der Waals surface area (Å²) in [6.45, 7) is 0.843. The molecule has 1 N–H and O–H groups in total. The molecule has 0 spiro atoms. The molecule has 0 saturated heterocycles. The van der Waals surface area contributed by atoms with E-state index in [1.807, 2.05) is 0 Å². The Morgan fingerprint density at radius 1 is 1.12 bits per heavy atom. The van der Waals surface area contributed by atoms with Crippen LogP contribution in [0.4, 0.5) is 19.0 Å². The molecule has 26 heavy (non-hydrogen) atoms. The summed E-state index contributed by atoms with van der Waals surface area (Å²) < 4.78 is 45.2. The van der Waals surface area contributed by atoms with Gasteiger partial charge in [-0.05, 0) is 6.42 Å². The maximum atomic E-state index is 14.8. The molecule has 0 fully saturated rings. The molecule has 0 amide bonds. The molecular weight excluding hydrogens is 343 g/mol. The number of benzene rings is 2. The number of aryl methyl sites for hydroxylation is 1. The van der Waals surface area contributed by atoms with Gasteiger partial charge in [-0.15, -0.1) is 0 Å². The predicted molar refractivity (Wildman–Crippen MR) is 89.5 cm³/mol. The summed E-state index contributed by atoms with van der Waals surface area (Å²) in [5.41, 5.74) is -1.09. The van der Waals surface area contributed by atoms with Gasteiger partial charge in [0.2, 0.25) is 0 Å². The highest BCUT2D eigenvalue weighted by Gasteiger charge is 2.33. The van der Waals surface area contributed by atoms with Crippen LogP contribution in [0.1, 0.15) is 27.9 Å².